The van der Waals surface area contributed by atoms with Crippen LogP contribution in [0.25, 0.3) is 0 Å². The third-order valence-corrected chi connectivity index (χ3v) is 3.11. The van der Waals surface area contributed by atoms with Crippen LogP contribution in [-0.2, 0) is 23.4 Å². The maximum absolute atomic E-state index is 13.1. The first-order chi connectivity index (χ1) is 7.83. The van der Waals surface area contributed by atoms with Crippen LogP contribution < -0.4 is 0 Å². The molecule has 1 aromatic carbocycles. The summed E-state index contributed by atoms with van der Waals surface area (Å²) < 4.78 is 66.4. The summed E-state index contributed by atoms with van der Waals surface area (Å²) in [5.41, 5.74) is 0. The molecule has 1 N–H and O–H groups in total. The Kier molecular flexibility index (Phi) is 4.61. The van der Waals surface area contributed by atoms with Crippen LogP contribution in [0.5, 0.6) is 0 Å². The van der Waals surface area contributed by atoms with E-state index in [-0.39, 0.29) is 0 Å². The van der Waals surface area contributed by atoms with Crippen LogP contribution in [0.1, 0.15) is 0 Å². The van der Waals surface area contributed by atoms with Crippen LogP contribution >= 0.6 is 8.25 Å². The minimum atomic E-state index is -4.59. The zero-order chi connectivity index (χ0) is 13.1. The SMILES string of the molecule is O=[P+](O)OCOS(=O)(=O)c1cc(F)ccc1F. The Morgan fingerprint density at radius 2 is 2.00 bits per heavy atom. The van der Waals surface area contributed by atoms with Gasteiger partial charge in [0.25, 0.3) is 0 Å². The molecule has 10 heteroatoms. The molecule has 0 saturated carbocycles. The summed E-state index contributed by atoms with van der Waals surface area (Å²) in [4.78, 5) is 7.18. The lowest BCUT2D eigenvalue weighted by molar-refractivity contribution is 0.120. The molecule has 1 unspecified atom stereocenters. The molecule has 0 spiro atoms. The van der Waals surface area contributed by atoms with Crippen LogP contribution in [-0.4, -0.2) is 20.1 Å². The van der Waals surface area contributed by atoms with E-state index in [2.05, 4.69) is 8.71 Å². The number of halogens is 2. The first-order valence-corrected chi connectivity index (χ1v) is 6.50. The molecular formula is C7H6F2O6PS+. The Hall–Kier alpha value is -0.990. The van der Waals surface area contributed by atoms with Gasteiger partial charge in [0, 0.05) is 4.57 Å². The lowest BCUT2D eigenvalue weighted by Crippen LogP contribution is -2.10. The van der Waals surface area contributed by atoms with Crippen molar-refractivity contribution < 1.29 is 35.4 Å². The predicted octanol–water partition coefficient (Wildman–Crippen LogP) is 1.29. The van der Waals surface area contributed by atoms with Gasteiger partial charge in [-0.3, -0.25) is 0 Å². The molecule has 0 radical (unpaired) electrons. The van der Waals surface area contributed by atoms with Crippen molar-refractivity contribution in [2.45, 2.75) is 4.90 Å². The molecule has 6 nitrogen and oxygen atoms in total. The molecule has 0 aliphatic rings. The topological polar surface area (TPSA) is 89.9 Å². The quantitative estimate of drug-likeness (QED) is 0.498. The van der Waals surface area contributed by atoms with E-state index < -0.39 is 41.7 Å². The van der Waals surface area contributed by atoms with Crippen molar-refractivity contribution >= 4 is 18.4 Å². The molecule has 1 atom stereocenters. The van der Waals surface area contributed by atoms with Crippen molar-refractivity contribution in [2.24, 2.45) is 0 Å². The highest BCUT2D eigenvalue weighted by Gasteiger charge is 2.23. The van der Waals surface area contributed by atoms with E-state index in [1.165, 1.54) is 0 Å². The van der Waals surface area contributed by atoms with E-state index in [4.69, 9.17) is 4.89 Å². The van der Waals surface area contributed by atoms with Gasteiger partial charge in [-0.1, -0.05) is 4.52 Å². The summed E-state index contributed by atoms with van der Waals surface area (Å²) in [6.07, 6.45) is 0. The van der Waals surface area contributed by atoms with E-state index in [9.17, 15) is 21.8 Å². The van der Waals surface area contributed by atoms with Gasteiger partial charge in [0.2, 0.25) is 6.79 Å². The minimum Gasteiger partial charge on any atom is -0.232 e. The molecule has 0 amide bonds. The second-order valence-corrected chi connectivity index (χ2v) is 4.95. The summed E-state index contributed by atoms with van der Waals surface area (Å²) in [5, 5.41) is 0. The van der Waals surface area contributed by atoms with Crippen molar-refractivity contribution in [1.82, 2.24) is 0 Å². The summed E-state index contributed by atoms with van der Waals surface area (Å²) in [6, 6.07) is 1.76. The zero-order valence-electron chi connectivity index (χ0n) is 8.04. The van der Waals surface area contributed by atoms with Crippen LogP contribution in [0.3, 0.4) is 0 Å². The van der Waals surface area contributed by atoms with E-state index in [0.717, 1.165) is 6.07 Å². The molecule has 0 heterocycles. The molecule has 0 fully saturated rings. The number of hydrogen-bond donors (Lipinski definition) is 1. The van der Waals surface area contributed by atoms with E-state index in [1.54, 1.807) is 0 Å². The van der Waals surface area contributed by atoms with Gasteiger partial charge in [0.15, 0.2) is 0 Å². The van der Waals surface area contributed by atoms with Gasteiger partial charge in [-0.15, -0.1) is 4.89 Å². The van der Waals surface area contributed by atoms with E-state index in [1.807, 2.05) is 0 Å². The van der Waals surface area contributed by atoms with Crippen LogP contribution in [0.15, 0.2) is 23.1 Å². The van der Waals surface area contributed by atoms with Gasteiger partial charge in [0.05, 0.1) is 0 Å². The van der Waals surface area contributed by atoms with Gasteiger partial charge in [0.1, 0.15) is 16.5 Å². The maximum atomic E-state index is 13.1. The molecule has 0 bridgehead atoms. The van der Waals surface area contributed by atoms with Gasteiger partial charge in [-0.2, -0.15) is 8.42 Å². The van der Waals surface area contributed by atoms with Crippen molar-refractivity contribution in [2.75, 3.05) is 6.79 Å². The summed E-state index contributed by atoms with van der Waals surface area (Å²) in [6.45, 7) is -1.08. The largest absolute Gasteiger partial charge is 0.697 e. The zero-order valence-corrected chi connectivity index (χ0v) is 9.75. The van der Waals surface area contributed by atoms with Gasteiger partial charge < -0.3 is 0 Å². The third kappa shape index (κ3) is 4.06. The minimum absolute atomic E-state index is 0.420. The lowest BCUT2D eigenvalue weighted by Gasteiger charge is -2.03. The summed E-state index contributed by atoms with van der Waals surface area (Å²) in [5.74, 6) is -2.18. The molecular weight excluding hydrogens is 281 g/mol. The smallest absolute Gasteiger partial charge is 0.232 e. The molecule has 1 aromatic rings. The number of hydrogen-bond acceptors (Lipinski definition) is 5. The number of benzene rings is 1. The van der Waals surface area contributed by atoms with Crippen molar-refractivity contribution in [3.05, 3.63) is 29.8 Å². The van der Waals surface area contributed by atoms with Gasteiger partial charge in [-0.05, 0) is 18.2 Å². The molecule has 1 rings (SSSR count). The molecule has 0 aromatic heterocycles. The highest BCUT2D eigenvalue weighted by molar-refractivity contribution is 7.86. The normalized spacial score (nSPS) is 12.5. The fourth-order valence-corrected chi connectivity index (χ4v) is 1.94. The molecule has 0 saturated heterocycles. The predicted molar refractivity (Wildman–Crippen MR) is 50.4 cm³/mol. The fourth-order valence-electron chi connectivity index (χ4n) is 0.862. The summed E-state index contributed by atoms with van der Waals surface area (Å²) in [7, 11) is -7.63. The van der Waals surface area contributed by atoms with Crippen molar-refractivity contribution in [3.63, 3.8) is 0 Å². The van der Waals surface area contributed by atoms with Crippen molar-refractivity contribution in [3.8, 4) is 0 Å². The standard InChI is InChI=1S/C7H5F2O6PS/c8-5-1-2-6(9)7(3-5)17(12,13)15-4-14-16(10)11/h1-3H,4H2/p+1. The fraction of sp³-hybridized carbons (Fsp3) is 0.143. The van der Waals surface area contributed by atoms with Gasteiger partial charge in [-0.25, -0.2) is 13.0 Å². The lowest BCUT2D eigenvalue weighted by atomic mass is 10.3. The molecule has 0 aliphatic carbocycles. The Bertz CT molecular complexity index is 531. The Balaban J connectivity index is 2.89. The monoisotopic (exact) mass is 287 g/mol. The highest BCUT2D eigenvalue weighted by Crippen LogP contribution is 2.20. The van der Waals surface area contributed by atoms with Crippen LogP contribution in [0, 0.1) is 11.6 Å². The second kappa shape index (κ2) is 5.56. The second-order valence-electron chi connectivity index (χ2n) is 2.63. The molecule has 0 aliphatic heterocycles. The third-order valence-electron chi connectivity index (χ3n) is 1.53. The van der Waals surface area contributed by atoms with Gasteiger partial charge >= 0.3 is 18.4 Å². The molecule has 17 heavy (non-hydrogen) atoms. The average Bonchev–Trinajstić information content (AvgIpc) is 2.20. The summed E-state index contributed by atoms with van der Waals surface area (Å²) >= 11 is 0. The highest BCUT2D eigenvalue weighted by atomic mass is 32.2. The number of rotatable bonds is 5. The average molecular weight is 287 g/mol. The van der Waals surface area contributed by atoms with Crippen LogP contribution in [0.2, 0.25) is 0 Å². The Labute approximate surface area is 95.9 Å². The van der Waals surface area contributed by atoms with E-state index in [0.29, 0.717) is 12.1 Å². The first kappa shape index (κ1) is 14.1. The first-order valence-electron chi connectivity index (χ1n) is 3.96. The Morgan fingerprint density at radius 1 is 1.35 bits per heavy atom. The molecule has 94 valence electrons. The van der Waals surface area contributed by atoms with E-state index >= 15 is 0 Å². The Morgan fingerprint density at radius 3 is 2.59 bits per heavy atom. The van der Waals surface area contributed by atoms with Crippen molar-refractivity contribution in [1.29, 1.82) is 0 Å². The maximum Gasteiger partial charge on any atom is 0.697 e. The van der Waals surface area contributed by atoms with Crippen LogP contribution in [0.4, 0.5) is 8.78 Å².